The van der Waals surface area contributed by atoms with Crippen molar-refractivity contribution in [3.05, 3.63) is 82.7 Å². The van der Waals surface area contributed by atoms with Crippen molar-refractivity contribution < 1.29 is 18.0 Å². The predicted octanol–water partition coefficient (Wildman–Crippen LogP) is 4.95. The number of halogens is 3. The summed E-state index contributed by atoms with van der Waals surface area (Å²) in [6.07, 6.45) is -2.67. The molecule has 1 saturated heterocycles. The van der Waals surface area contributed by atoms with Crippen LogP contribution in [0.5, 0.6) is 0 Å². The molecule has 1 aliphatic heterocycles. The van der Waals surface area contributed by atoms with Crippen LogP contribution in [-0.4, -0.2) is 41.6 Å². The lowest BCUT2D eigenvalue weighted by Crippen LogP contribution is -2.49. The highest BCUT2D eigenvalue weighted by molar-refractivity contribution is 5.96. The lowest BCUT2D eigenvalue weighted by molar-refractivity contribution is -0.137. The number of anilines is 1. The van der Waals surface area contributed by atoms with Gasteiger partial charge in [-0.05, 0) is 55.3 Å². The first-order chi connectivity index (χ1) is 15.7. The Morgan fingerprint density at radius 3 is 2.36 bits per heavy atom. The molecule has 8 heteroatoms. The van der Waals surface area contributed by atoms with E-state index in [1.165, 1.54) is 6.07 Å². The lowest BCUT2D eigenvalue weighted by Gasteiger charge is -2.36. The van der Waals surface area contributed by atoms with Gasteiger partial charge in [0.05, 0.1) is 11.1 Å². The maximum absolute atomic E-state index is 13.4. The molecule has 1 fully saturated rings. The van der Waals surface area contributed by atoms with Crippen molar-refractivity contribution in [2.75, 3.05) is 31.1 Å². The van der Waals surface area contributed by atoms with E-state index in [4.69, 9.17) is 0 Å². The first-order valence-corrected chi connectivity index (χ1v) is 10.6. The van der Waals surface area contributed by atoms with E-state index >= 15 is 0 Å². The molecule has 0 spiro atoms. The smallest absolute Gasteiger partial charge is 0.368 e. The molecule has 3 aromatic rings. The maximum Gasteiger partial charge on any atom is 0.416 e. The average Bonchev–Trinajstić information content (AvgIpc) is 3.24. The van der Waals surface area contributed by atoms with Crippen molar-refractivity contribution in [2.24, 2.45) is 0 Å². The summed E-state index contributed by atoms with van der Waals surface area (Å²) in [6.45, 7) is 5.45. The van der Waals surface area contributed by atoms with Gasteiger partial charge in [0.2, 0.25) is 0 Å². The summed E-state index contributed by atoms with van der Waals surface area (Å²) in [4.78, 5) is 16.9. The SMILES string of the molecule is Cc1cccc(-n2ccc(C#N)c2C(=O)N2CCN(c3cccc(C(F)(F)F)c3)CC2)c1C. The highest BCUT2D eigenvalue weighted by atomic mass is 19.4. The molecule has 0 aliphatic carbocycles. The van der Waals surface area contributed by atoms with Crippen molar-refractivity contribution in [1.82, 2.24) is 9.47 Å². The maximum atomic E-state index is 13.4. The molecule has 1 amide bonds. The Morgan fingerprint density at radius 1 is 1.00 bits per heavy atom. The summed E-state index contributed by atoms with van der Waals surface area (Å²) >= 11 is 0. The molecule has 0 atom stereocenters. The van der Waals surface area contributed by atoms with Crippen molar-refractivity contribution in [3.8, 4) is 11.8 Å². The second-order valence-electron chi connectivity index (χ2n) is 8.11. The molecule has 0 bridgehead atoms. The van der Waals surface area contributed by atoms with Crippen molar-refractivity contribution in [1.29, 1.82) is 5.26 Å². The summed E-state index contributed by atoms with van der Waals surface area (Å²) in [6, 6.07) is 14.8. The van der Waals surface area contributed by atoms with E-state index in [-0.39, 0.29) is 5.91 Å². The minimum absolute atomic E-state index is 0.263. The van der Waals surface area contributed by atoms with Gasteiger partial charge >= 0.3 is 6.18 Å². The molecule has 4 rings (SSSR count). The standard InChI is InChI=1S/C25H23F3N4O/c1-17-5-3-8-22(18(17)2)32-10-9-19(16-29)23(32)24(33)31-13-11-30(12-14-31)21-7-4-6-20(15-21)25(26,27)28/h3-10,15H,11-14H2,1-2H3. The zero-order chi connectivity index (χ0) is 23.8. The Morgan fingerprint density at radius 2 is 1.70 bits per heavy atom. The van der Waals surface area contributed by atoms with Crippen LogP contribution in [0.3, 0.4) is 0 Å². The normalized spacial score (nSPS) is 14.3. The number of aryl methyl sites for hydroxylation is 1. The Balaban J connectivity index is 1.56. The minimum atomic E-state index is -4.40. The van der Waals surface area contributed by atoms with E-state index in [2.05, 4.69) is 6.07 Å². The number of amides is 1. The van der Waals surface area contributed by atoms with E-state index in [0.717, 1.165) is 28.9 Å². The number of piperazine rings is 1. The zero-order valence-electron chi connectivity index (χ0n) is 18.4. The third-order valence-electron chi connectivity index (χ3n) is 6.15. The van der Waals surface area contributed by atoms with Crippen LogP contribution in [0.25, 0.3) is 5.69 Å². The predicted molar refractivity (Wildman–Crippen MR) is 120 cm³/mol. The van der Waals surface area contributed by atoms with Crippen molar-refractivity contribution >= 4 is 11.6 Å². The Kier molecular flexibility index (Phi) is 5.90. The number of nitriles is 1. The van der Waals surface area contributed by atoms with Gasteiger partial charge in [-0.15, -0.1) is 0 Å². The van der Waals surface area contributed by atoms with Gasteiger partial charge < -0.3 is 14.4 Å². The Hall–Kier alpha value is -3.73. The molecule has 5 nitrogen and oxygen atoms in total. The van der Waals surface area contributed by atoms with Crippen molar-refractivity contribution in [2.45, 2.75) is 20.0 Å². The highest BCUT2D eigenvalue weighted by Gasteiger charge is 2.32. The summed E-state index contributed by atoms with van der Waals surface area (Å²) in [5.41, 5.74) is 3.31. The summed E-state index contributed by atoms with van der Waals surface area (Å²) in [5.74, 6) is -0.263. The quantitative estimate of drug-likeness (QED) is 0.565. The number of benzene rings is 2. The topological polar surface area (TPSA) is 52.3 Å². The molecular formula is C25H23F3N4O. The summed E-state index contributed by atoms with van der Waals surface area (Å²) in [5, 5.41) is 9.60. The van der Waals surface area contributed by atoms with Crippen LogP contribution >= 0.6 is 0 Å². The van der Waals surface area contributed by atoms with Gasteiger partial charge in [-0.1, -0.05) is 18.2 Å². The molecular weight excluding hydrogens is 429 g/mol. The van der Waals surface area contributed by atoms with E-state index in [9.17, 15) is 23.2 Å². The molecule has 2 aromatic carbocycles. The average molecular weight is 452 g/mol. The number of carbonyl (C=O) groups is 1. The van der Waals surface area contributed by atoms with Crippen LogP contribution in [0.4, 0.5) is 18.9 Å². The molecule has 0 unspecified atom stereocenters. The van der Waals surface area contributed by atoms with Gasteiger partial charge in [0.25, 0.3) is 5.91 Å². The number of rotatable bonds is 3. The number of carbonyl (C=O) groups excluding carboxylic acids is 1. The third-order valence-corrected chi connectivity index (χ3v) is 6.15. The number of hydrogen-bond donors (Lipinski definition) is 0. The first kappa shape index (κ1) is 22.5. The van der Waals surface area contributed by atoms with E-state index in [1.54, 1.807) is 27.8 Å². The zero-order valence-corrected chi connectivity index (χ0v) is 18.4. The van der Waals surface area contributed by atoms with Gasteiger partial charge in [-0.25, -0.2) is 0 Å². The lowest BCUT2D eigenvalue weighted by atomic mass is 10.1. The van der Waals surface area contributed by atoms with Crippen LogP contribution in [0, 0.1) is 25.2 Å². The molecule has 0 N–H and O–H groups in total. The fourth-order valence-corrected chi connectivity index (χ4v) is 4.13. The van der Waals surface area contributed by atoms with Crippen LogP contribution in [0.15, 0.2) is 54.7 Å². The Labute approximate surface area is 190 Å². The van der Waals surface area contributed by atoms with Gasteiger partial charge in [0.1, 0.15) is 11.8 Å². The molecule has 0 saturated carbocycles. The van der Waals surface area contributed by atoms with Gasteiger partial charge in [0, 0.05) is 43.8 Å². The molecule has 33 heavy (non-hydrogen) atoms. The second kappa shape index (κ2) is 8.66. The van der Waals surface area contributed by atoms with Gasteiger partial charge in [-0.2, -0.15) is 18.4 Å². The first-order valence-electron chi connectivity index (χ1n) is 10.6. The van der Waals surface area contributed by atoms with E-state index in [0.29, 0.717) is 43.1 Å². The molecule has 0 radical (unpaired) electrons. The number of aromatic nitrogens is 1. The molecule has 1 aliphatic rings. The minimum Gasteiger partial charge on any atom is -0.368 e. The highest BCUT2D eigenvalue weighted by Crippen LogP contribution is 2.32. The van der Waals surface area contributed by atoms with Crippen LogP contribution in [0.1, 0.15) is 32.7 Å². The number of hydrogen-bond acceptors (Lipinski definition) is 3. The summed E-state index contributed by atoms with van der Waals surface area (Å²) < 4.78 is 40.9. The number of nitrogens with zero attached hydrogens (tertiary/aromatic N) is 4. The van der Waals surface area contributed by atoms with Crippen LogP contribution in [-0.2, 0) is 6.18 Å². The van der Waals surface area contributed by atoms with Gasteiger partial charge in [0.15, 0.2) is 0 Å². The monoisotopic (exact) mass is 452 g/mol. The summed E-state index contributed by atoms with van der Waals surface area (Å²) in [7, 11) is 0. The molecule has 1 aromatic heterocycles. The van der Waals surface area contributed by atoms with E-state index < -0.39 is 11.7 Å². The van der Waals surface area contributed by atoms with Crippen LogP contribution < -0.4 is 4.90 Å². The third kappa shape index (κ3) is 4.31. The molecule has 170 valence electrons. The fourth-order valence-electron chi connectivity index (χ4n) is 4.13. The van der Waals surface area contributed by atoms with Gasteiger partial charge in [-0.3, -0.25) is 4.79 Å². The fraction of sp³-hybridized carbons (Fsp3) is 0.280. The number of alkyl halides is 3. The van der Waals surface area contributed by atoms with E-state index in [1.807, 2.05) is 36.9 Å². The second-order valence-corrected chi connectivity index (χ2v) is 8.11. The van der Waals surface area contributed by atoms with Crippen LogP contribution in [0.2, 0.25) is 0 Å². The largest absolute Gasteiger partial charge is 0.416 e. The Bertz CT molecular complexity index is 1230. The van der Waals surface area contributed by atoms with Crippen molar-refractivity contribution in [3.63, 3.8) is 0 Å². The molecule has 2 heterocycles.